The summed E-state index contributed by atoms with van der Waals surface area (Å²) < 4.78 is 1.44. The van der Waals surface area contributed by atoms with E-state index in [2.05, 4.69) is 20.6 Å². The minimum Gasteiger partial charge on any atom is -0.364 e. The predicted molar refractivity (Wildman–Crippen MR) is 168 cm³/mol. The number of aryl methyl sites for hydroxylation is 1. The first-order valence-electron chi connectivity index (χ1n) is 16.3. The summed E-state index contributed by atoms with van der Waals surface area (Å²) in [7, 11) is 1.66. The van der Waals surface area contributed by atoms with Gasteiger partial charge in [0.25, 0.3) is 5.91 Å². The fraction of sp³-hybridized carbons (Fsp3) is 0.606. The number of anilines is 1. The first-order chi connectivity index (χ1) is 21.2. The molecular weight excluding hydrogens is 558 g/mol. The van der Waals surface area contributed by atoms with Crippen molar-refractivity contribution in [3.05, 3.63) is 47.3 Å². The summed E-state index contributed by atoms with van der Waals surface area (Å²) in [6.07, 6.45) is 8.43. The van der Waals surface area contributed by atoms with Gasteiger partial charge in [0.15, 0.2) is 0 Å². The van der Waals surface area contributed by atoms with Gasteiger partial charge in [-0.15, -0.1) is 0 Å². The van der Waals surface area contributed by atoms with E-state index < -0.39 is 17.9 Å². The maximum Gasteiger partial charge on any atom is 0.266 e. The molecule has 11 heteroatoms. The molecule has 4 N–H and O–H groups in total. The Bertz CT molecular complexity index is 1320. The number of primary amides is 1. The molecule has 3 aliphatic rings. The van der Waals surface area contributed by atoms with Crippen LogP contribution in [0.5, 0.6) is 0 Å². The molecule has 0 bridgehead atoms. The molecule has 0 spiro atoms. The van der Waals surface area contributed by atoms with Crippen LogP contribution in [0.15, 0.2) is 30.3 Å². The number of nitrogens with one attached hydrogen (secondary N) is 2. The van der Waals surface area contributed by atoms with E-state index in [0.29, 0.717) is 37.3 Å². The third-order valence-corrected chi connectivity index (χ3v) is 9.39. The minimum absolute atomic E-state index is 0.0451. The van der Waals surface area contributed by atoms with E-state index in [1.807, 2.05) is 29.2 Å². The van der Waals surface area contributed by atoms with E-state index in [9.17, 15) is 19.2 Å². The van der Waals surface area contributed by atoms with Crippen LogP contribution >= 0.6 is 0 Å². The van der Waals surface area contributed by atoms with Gasteiger partial charge in [-0.3, -0.25) is 28.8 Å². The molecule has 44 heavy (non-hydrogen) atoms. The molecule has 2 aromatic rings. The molecule has 2 heterocycles. The van der Waals surface area contributed by atoms with Gasteiger partial charge in [-0.2, -0.15) is 5.10 Å². The summed E-state index contributed by atoms with van der Waals surface area (Å²) in [5, 5.41) is 10.5. The normalized spacial score (nSPS) is 19.3. The summed E-state index contributed by atoms with van der Waals surface area (Å²) in [4.78, 5) is 55.8. The zero-order valence-electron chi connectivity index (χ0n) is 26.1. The van der Waals surface area contributed by atoms with Crippen LogP contribution in [-0.2, 0) is 27.9 Å². The lowest BCUT2D eigenvalue weighted by Gasteiger charge is -2.36. The van der Waals surface area contributed by atoms with Crippen molar-refractivity contribution in [1.82, 2.24) is 24.9 Å². The van der Waals surface area contributed by atoms with Crippen LogP contribution in [0.2, 0.25) is 0 Å². The zero-order valence-corrected chi connectivity index (χ0v) is 26.1. The molecule has 2 saturated carbocycles. The Hall–Kier alpha value is -3.73. The van der Waals surface area contributed by atoms with Crippen LogP contribution in [0.1, 0.15) is 86.0 Å². The maximum absolute atomic E-state index is 13.7. The lowest BCUT2D eigenvalue weighted by molar-refractivity contribution is -0.137. The number of benzene rings is 1. The molecular formula is C33H47N7O4. The third-order valence-electron chi connectivity index (χ3n) is 9.39. The number of rotatable bonds is 12. The summed E-state index contributed by atoms with van der Waals surface area (Å²) in [5.74, 6) is -0.480. The van der Waals surface area contributed by atoms with E-state index in [0.717, 1.165) is 63.2 Å². The number of hydrogen-bond donors (Lipinski definition) is 3. The van der Waals surface area contributed by atoms with Gasteiger partial charge in [0.1, 0.15) is 11.7 Å². The molecule has 5 rings (SSSR count). The molecule has 1 aromatic heterocycles. The number of piperazine rings is 1. The van der Waals surface area contributed by atoms with E-state index >= 15 is 0 Å². The predicted octanol–water partition coefficient (Wildman–Crippen LogP) is 2.81. The Morgan fingerprint density at radius 3 is 2.25 bits per heavy atom. The van der Waals surface area contributed by atoms with Gasteiger partial charge in [-0.05, 0) is 61.3 Å². The smallest absolute Gasteiger partial charge is 0.266 e. The van der Waals surface area contributed by atoms with Gasteiger partial charge in [0.05, 0.1) is 11.6 Å². The molecule has 0 radical (unpaired) electrons. The standard InChI is InChI=1S/C33H47N7O4/c1-3-29(41)36-27(33(44)40-17-15-39(16-18-40)21-23-9-10-23)19-22-11-13-25(14-12-22)35-32(43)30(24-7-5-4-6-8-24)26-20-28(31(34)42)38(2)37-26/h11-14,20,23-24,27,30H,3-10,15-19,21H2,1-2H3,(H2,34,42)(H,35,43)(H,36,41)/t27-,30+/m1/s1. The van der Waals surface area contributed by atoms with Gasteiger partial charge in [-0.25, -0.2) is 0 Å². The second-order valence-corrected chi connectivity index (χ2v) is 12.8. The highest BCUT2D eigenvalue weighted by atomic mass is 16.2. The molecule has 11 nitrogen and oxygen atoms in total. The quantitative estimate of drug-likeness (QED) is 0.340. The van der Waals surface area contributed by atoms with Crippen molar-refractivity contribution in [2.75, 3.05) is 38.0 Å². The monoisotopic (exact) mass is 605 g/mol. The number of carbonyl (C=O) groups is 4. The second kappa shape index (κ2) is 14.4. The SMILES string of the molecule is CCC(=O)N[C@H](Cc1ccc(NC(=O)[C@H](c2cc(C(N)=O)n(C)n2)C2CCCCC2)cc1)C(=O)N1CCN(CC2CC2)CC1. The number of aromatic nitrogens is 2. The van der Waals surface area contributed by atoms with Crippen LogP contribution in [0, 0.1) is 11.8 Å². The highest BCUT2D eigenvalue weighted by molar-refractivity contribution is 5.97. The third kappa shape index (κ3) is 8.05. The number of hydrogen-bond acceptors (Lipinski definition) is 6. The topological polar surface area (TPSA) is 143 Å². The molecule has 1 aliphatic heterocycles. The van der Waals surface area contributed by atoms with Crippen LogP contribution < -0.4 is 16.4 Å². The highest BCUT2D eigenvalue weighted by Crippen LogP contribution is 2.37. The number of amides is 4. The molecule has 238 valence electrons. The molecule has 1 aromatic carbocycles. The average molecular weight is 606 g/mol. The highest BCUT2D eigenvalue weighted by Gasteiger charge is 2.34. The van der Waals surface area contributed by atoms with Crippen molar-refractivity contribution in [1.29, 1.82) is 0 Å². The van der Waals surface area contributed by atoms with Crippen molar-refractivity contribution in [2.45, 2.75) is 76.7 Å². The molecule has 3 fully saturated rings. The van der Waals surface area contributed by atoms with Crippen LogP contribution in [0.3, 0.4) is 0 Å². The van der Waals surface area contributed by atoms with Crippen molar-refractivity contribution >= 4 is 29.3 Å². The van der Waals surface area contributed by atoms with Crippen molar-refractivity contribution in [2.24, 2.45) is 24.6 Å². The number of carbonyl (C=O) groups excluding carboxylic acids is 4. The van der Waals surface area contributed by atoms with Crippen LogP contribution in [0.25, 0.3) is 0 Å². The van der Waals surface area contributed by atoms with E-state index in [-0.39, 0.29) is 29.3 Å². The average Bonchev–Trinajstić information content (AvgIpc) is 3.76. The molecule has 0 unspecified atom stereocenters. The summed E-state index contributed by atoms with van der Waals surface area (Å²) in [5.41, 5.74) is 7.89. The first-order valence-corrected chi connectivity index (χ1v) is 16.3. The fourth-order valence-corrected chi connectivity index (χ4v) is 6.64. The zero-order chi connectivity index (χ0) is 31.2. The Morgan fingerprint density at radius 1 is 0.977 bits per heavy atom. The Labute approximate surface area is 259 Å². The largest absolute Gasteiger partial charge is 0.364 e. The van der Waals surface area contributed by atoms with E-state index in [1.165, 1.54) is 17.5 Å². The molecule has 1 saturated heterocycles. The van der Waals surface area contributed by atoms with Gasteiger partial charge in [0.2, 0.25) is 17.7 Å². The first kappa shape index (κ1) is 31.7. The maximum atomic E-state index is 13.7. The van der Waals surface area contributed by atoms with E-state index in [1.54, 1.807) is 20.0 Å². The Morgan fingerprint density at radius 2 is 1.66 bits per heavy atom. The number of nitrogens with zero attached hydrogens (tertiary/aromatic N) is 4. The molecule has 4 amide bonds. The minimum atomic E-state index is -0.642. The number of nitrogens with two attached hydrogens (primary N) is 1. The van der Waals surface area contributed by atoms with Crippen LogP contribution in [-0.4, -0.2) is 82.0 Å². The lowest BCUT2D eigenvalue weighted by atomic mass is 9.78. The summed E-state index contributed by atoms with van der Waals surface area (Å²) in [6.45, 7) is 6.00. The molecule has 2 atom stereocenters. The molecule has 2 aliphatic carbocycles. The van der Waals surface area contributed by atoms with Crippen molar-refractivity contribution in [3.8, 4) is 0 Å². The fourth-order valence-electron chi connectivity index (χ4n) is 6.64. The van der Waals surface area contributed by atoms with Gasteiger partial charge in [0, 0.05) is 58.3 Å². The van der Waals surface area contributed by atoms with Crippen molar-refractivity contribution < 1.29 is 19.2 Å². The summed E-state index contributed by atoms with van der Waals surface area (Å²) in [6, 6.07) is 8.44. The summed E-state index contributed by atoms with van der Waals surface area (Å²) >= 11 is 0. The Kier molecular flexibility index (Phi) is 10.3. The van der Waals surface area contributed by atoms with Gasteiger partial charge >= 0.3 is 0 Å². The van der Waals surface area contributed by atoms with Crippen LogP contribution in [0.4, 0.5) is 5.69 Å². The van der Waals surface area contributed by atoms with E-state index in [4.69, 9.17) is 5.73 Å². The second-order valence-electron chi connectivity index (χ2n) is 12.8. The van der Waals surface area contributed by atoms with Crippen molar-refractivity contribution in [3.63, 3.8) is 0 Å². The Balaban J connectivity index is 1.24. The van der Waals surface area contributed by atoms with Gasteiger partial charge in [-0.1, -0.05) is 38.3 Å². The van der Waals surface area contributed by atoms with Gasteiger partial charge < -0.3 is 21.3 Å². The lowest BCUT2D eigenvalue weighted by Crippen LogP contribution is -2.55.